The number of hydrogen-bond acceptors (Lipinski definition) is 2. The Bertz CT molecular complexity index is 548. The van der Waals surface area contributed by atoms with Gasteiger partial charge in [0.25, 0.3) is 0 Å². The van der Waals surface area contributed by atoms with E-state index in [-0.39, 0.29) is 6.42 Å². The quantitative estimate of drug-likeness (QED) is 0.893. The Morgan fingerprint density at radius 1 is 1.62 bits per heavy atom. The van der Waals surface area contributed by atoms with E-state index in [0.717, 1.165) is 17.0 Å². The molecule has 0 aliphatic heterocycles. The highest BCUT2D eigenvalue weighted by atomic mass is 35.5. The minimum absolute atomic E-state index is 0.0745. The molecular formula is C11H11ClN2O2. The predicted octanol–water partition coefficient (Wildman–Crippen LogP) is 2.31. The molecule has 0 unspecified atom stereocenters. The second-order valence-electron chi connectivity index (χ2n) is 3.58. The minimum atomic E-state index is -0.823. The van der Waals surface area contributed by atoms with Crippen LogP contribution in [0.1, 0.15) is 17.9 Å². The monoisotopic (exact) mass is 238 g/mol. The van der Waals surface area contributed by atoms with Crippen molar-refractivity contribution in [1.29, 1.82) is 0 Å². The molecule has 0 bridgehead atoms. The first-order valence-corrected chi connectivity index (χ1v) is 5.31. The molecule has 0 aliphatic carbocycles. The van der Waals surface area contributed by atoms with Crippen LogP contribution in [0, 0.1) is 6.92 Å². The van der Waals surface area contributed by atoms with Gasteiger partial charge >= 0.3 is 5.97 Å². The van der Waals surface area contributed by atoms with Crippen LogP contribution < -0.4 is 0 Å². The minimum Gasteiger partial charge on any atom is -0.481 e. The number of aryl methyl sites for hydroxylation is 2. The van der Waals surface area contributed by atoms with Crippen LogP contribution in [-0.4, -0.2) is 20.5 Å². The largest absolute Gasteiger partial charge is 0.481 e. The average Bonchev–Trinajstić information content (AvgIpc) is 2.54. The zero-order chi connectivity index (χ0) is 11.7. The van der Waals surface area contributed by atoms with Crippen LogP contribution in [-0.2, 0) is 11.2 Å². The van der Waals surface area contributed by atoms with Gasteiger partial charge < -0.3 is 9.51 Å². The summed E-state index contributed by atoms with van der Waals surface area (Å²) < 4.78 is 1.85. The maximum atomic E-state index is 10.5. The Morgan fingerprint density at radius 2 is 2.38 bits per heavy atom. The van der Waals surface area contributed by atoms with Gasteiger partial charge in [-0.1, -0.05) is 11.6 Å². The van der Waals surface area contributed by atoms with Gasteiger partial charge in [0.05, 0.1) is 22.7 Å². The number of nitrogens with zero attached hydrogens (tertiary/aromatic N) is 2. The Hall–Kier alpha value is -1.55. The Labute approximate surface area is 97.5 Å². The molecule has 5 heteroatoms. The van der Waals surface area contributed by atoms with Crippen molar-refractivity contribution in [3.05, 3.63) is 34.9 Å². The van der Waals surface area contributed by atoms with E-state index in [1.165, 1.54) is 0 Å². The average molecular weight is 239 g/mol. The third kappa shape index (κ3) is 1.88. The van der Waals surface area contributed by atoms with Crippen molar-refractivity contribution in [2.75, 3.05) is 0 Å². The first-order valence-electron chi connectivity index (χ1n) is 4.93. The molecule has 16 heavy (non-hydrogen) atoms. The fourth-order valence-electron chi connectivity index (χ4n) is 1.74. The second kappa shape index (κ2) is 4.14. The van der Waals surface area contributed by atoms with Crippen LogP contribution in [0.25, 0.3) is 5.52 Å². The summed E-state index contributed by atoms with van der Waals surface area (Å²) in [6.45, 7) is 1.87. The number of pyridine rings is 1. The van der Waals surface area contributed by atoms with Gasteiger partial charge in [0.2, 0.25) is 0 Å². The highest BCUT2D eigenvalue weighted by molar-refractivity contribution is 6.34. The molecule has 0 saturated carbocycles. The van der Waals surface area contributed by atoms with Gasteiger partial charge in [0.1, 0.15) is 5.82 Å². The molecule has 2 heterocycles. The number of carboxylic acids is 1. The number of carboxylic acid groups (broad SMARTS) is 1. The predicted molar refractivity (Wildman–Crippen MR) is 60.9 cm³/mol. The first kappa shape index (κ1) is 11.0. The topological polar surface area (TPSA) is 54.6 Å². The highest BCUT2D eigenvalue weighted by Crippen LogP contribution is 2.22. The lowest BCUT2D eigenvalue weighted by Crippen LogP contribution is -2.01. The summed E-state index contributed by atoms with van der Waals surface area (Å²) in [7, 11) is 0. The number of rotatable bonds is 3. The summed E-state index contributed by atoms with van der Waals surface area (Å²) in [6.07, 6.45) is 2.33. The van der Waals surface area contributed by atoms with Gasteiger partial charge in [-0.15, -0.1) is 0 Å². The second-order valence-corrected chi connectivity index (χ2v) is 3.99. The zero-order valence-electron chi connectivity index (χ0n) is 8.77. The Balaban J connectivity index is 2.47. The van der Waals surface area contributed by atoms with Crippen LogP contribution in [0.4, 0.5) is 0 Å². The van der Waals surface area contributed by atoms with Gasteiger partial charge in [-0.25, -0.2) is 4.98 Å². The standard InChI is InChI=1S/C11H11ClN2O2/c1-7-11-8(12)3-2-6-14(11)9(13-7)4-5-10(15)16/h2-3,6H,4-5H2,1H3,(H,15,16). The van der Waals surface area contributed by atoms with Crippen molar-refractivity contribution in [3.8, 4) is 0 Å². The number of fused-ring (bicyclic) bond motifs is 1. The fraction of sp³-hybridized carbons (Fsp3) is 0.273. The summed E-state index contributed by atoms with van der Waals surface area (Å²) in [5.74, 6) is -0.0890. The van der Waals surface area contributed by atoms with Crippen molar-refractivity contribution in [3.63, 3.8) is 0 Å². The number of carbonyl (C=O) groups is 1. The molecule has 0 atom stereocenters. The van der Waals surface area contributed by atoms with E-state index in [4.69, 9.17) is 16.7 Å². The molecular weight excluding hydrogens is 228 g/mol. The van der Waals surface area contributed by atoms with Gasteiger partial charge in [-0.2, -0.15) is 0 Å². The third-order valence-corrected chi connectivity index (χ3v) is 2.73. The lowest BCUT2D eigenvalue weighted by molar-refractivity contribution is -0.137. The lowest BCUT2D eigenvalue weighted by Gasteiger charge is -2.00. The van der Waals surface area contributed by atoms with Crippen LogP contribution in [0.5, 0.6) is 0 Å². The smallest absolute Gasteiger partial charge is 0.303 e. The van der Waals surface area contributed by atoms with Crippen LogP contribution in [0.2, 0.25) is 5.02 Å². The Kier molecular flexibility index (Phi) is 2.83. The number of hydrogen-bond donors (Lipinski definition) is 1. The zero-order valence-corrected chi connectivity index (χ0v) is 9.53. The van der Waals surface area contributed by atoms with E-state index in [1.807, 2.05) is 23.6 Å². The van der Waals surface area contributed by atoms with Gasteiger partial charge in [-0.05, 0) is 19.1 Å². The molecule has 0 fully saturated rings. The maximum Gasteiger partial charge on any atom is 0.303 e. The van der Waals surface area contributed by atoms with E-state index in [1.54, 1.807) is 6.07 Å². The van der Waals surface area contributed by atoms with E-state index in [0.29, 0.717) is 11.4 Å². The Morgan fingerprint density at radius 3 is 3.06 bits per heavy atom. The van der Waals surface area contributed by atoms with Crippen molar-refractivity contribution in [1.82, 2.24) is 9.38 Å². The molecule has 0 aromatic carbocycles. The van der Waals surface area contributed by atoms with E-state index >= 15 is 0 Å². The normalized spacial score (nSPS) is 10.9. The molecule has 0 spiro atoms. The lowest BCUT2D eigenvalue weighted by atomic mass is 10.3. The van der Waals surface area contributed by atoms with Crippen molar-refractivity contribution >= 4 is 23.1 Å². The van der Waals surface area contributed by atoms with Crippen molar-refractivity contribution in [2.45, 2.75) is 19.8 Å². The molecule has 84 valence electrons. The van der Waals surface area contributed by atoms with Crippen molar-refractivity contribution in [2.24, 2.45) is 0 Å². The molecule has 0 saturated heterocycles. The number of aliphatic carboxylic acids is 1. The summed E-state index contributed by atoms with van der Waals surface area (Å²) in [5, 5.41) is 9.28. The van der Waals surface area contributed by atoms with E-state index in [2.05, 4.69) is 4.98 Å². The van der Waals surface area contributed by atoms with Crippen LogP contribution in [0.15, 0.2) is 18.3 Å². The molecule has 1 N–H and O–H groups in total. The van der Waals surface area contributed by atoms with Gasteiger partial charge in [-0.3, -0.25) is 4.79 Å². The summed E-state index contributed by atoms with van der Waals surface area (Å²) >= 11 is 6.06. The van der Waals surface area contributed by atoms with Crippen LogP contribution in [0.3, 0.4) is 0 Å². The third-order valence-electron chi connectivity index (χ3n) is 2.42. The first-order chi connectivity index (χ1) is 7.59. The van der Waals surface area contributed by atoms with Gasteiger partial charge in [0.15, 0.2) is 0 Å². The summed E-state index contributed by atoms with van der Waals surface area (Å²) in [5.41, 5.74) is 1.68. The molecule has 2 rings (SSSR count). The molecule has 0 radical (unpaired) electrons. The van der Waals surface area contributed by atoms with E-state index < -0.39 is 5.97 Å². The van der Waals surface area contributed by atoms with Crippen LogP contribution >= 0.6 is 11.6 Å². The molecule has 4 nitrogen and oxygen atoms in total. The molecule has 0 aliphatic rings. The summed E-state index contributed by atoms with van der Waals surface area (Å²) in [6, 6.07) is 3.62. The number of imidazole rings is 1. The molecule has 2 aromatic rings. The molecule has 0 amide bonds. The van der Waals surface area contributed by atoms with Gasteiger partial charge in [0, 0.05) is 12.6 Å². The van der Waals surface area contributed by atoms with Crippen molar-refractivity contribution < 1.29 is 9.90 Å². The SMILES string of the molecule is Cc1nc(CCC(=O)O)n2cccc(Cl)c12. The number of halogens is 1. The fourth-order valence-corrected chi connectivity index (χ4v) is 2.04. The molecule has 2 aromatic heterocycles. The van der Waals surface area contributed by atoms with E-state index in [9.17, 15) is 4.79 Å². The highest BCUT2D eigenvalue weighted by Gasteiger charge is 2.11. The number of aromatic nitrogens is 2. The summed E-state index contributed by atoms with van der Waals surface area (Å²) in [4.78, 5) is 14.9. The maximum absolute atomic E-state index is 10.5.